The van der Waals surface area contributed by atoms with Crippen LogP contribution in [-0.2, 0) is 4.79 Å². The van der Waals surface area contributed by atoms with Gasteiger partial charge in [0.1, 0.15) is 0 Å². The minimum atomic E-state index is 0.0363. The van der Waals surface area contributed by atoms with Crippen molar-refractivity contribution < 1.29 is 4.79 Å². The fraction of sp³-hybridized carbons (Fsp3) is 0.533. The molecule has 0 aliphatic heterocycles. The van der Waals surface area contributed by atoms with Gasteiger partial charge in [0.15, 0.2) is 0 Å². The molecule has 5 nitrogen and oxygen atoms in total. The van der Waals surface area contributed by atoms with Gasteiger partial charge in [-0.25, -0.2) is 0 Å². The van der Waals surface area contributed by atoms with E-state index >= 15 is 0 Å². The summed E-state index contributed by atoms with van der Waals surface area (Å²) in [5.74, 6) is 0.0363. The predicted molar refractivity (Wildman–Crippen MR) is 84.8 cm³/mol. The van der Waals surface area contributed by atoms with E-state index in [0.717, 1.165) is 31.7 Å². The van der Waals surface area contributed by atoms with Gasteiger partial charge in [0, 0.05) is 24.3 Å². The average molecular weight is 278 g/mol. The van der Waals surface area contributed by atoms with Crippen LogP contribution in [0.2, 0.25) is 0 Å². The van der Waals surface area contributed by atoms with Crippen LogP contribution >= 0.6 is 0 Å². The highest BCUT2D eigenvalue weighted by Crippen LogP contribution is 2.10. The number of anilines is 2. The molecule has 3 N–H and O–H groups in total. The molecule has 5 heteroatoms. The number of nitrogen functional groups attached to an aromatic ring is 1. The molecule has 0 radical (unpaired) electrons. The molecule has 0 bridgehead atoms. The molecule has 1 aromatic carbocycles. The summed E-state index contributed by atoms with van der Waals surface area (Å²) in [7, 11) is 6.19. The van der Waals surface area contributed by atoms with Gasteiger partial charge in [-0.2, -0.15) is 0 Å². The number of benzene rings is 1. The Morgan fingerprint density at radius 3 is 2.35 bits per heavy atom. The predicted octanol–water partition coefficient (Wildman–Crippen LogP) is 1.48. The molecule has 0 aromatic heterocycles. The molecular weight excluding hydrogens is 252 g/mol. The Bertz CT molecular complexity index is 403. The lowest BCUT2D eigenvalue weighted by molar-refractivity contribution is -0.116. The second-order valence-electron chi connectivity index (χ2n) is 5.38. The van der Waals surface area contributed by atoms with E-state index in [1.54, 1.807) is 12.1 Å². The number of carbonyl (C=O) groups excluding carboxylic acids is 1. The highest BCUT2D eigenvalue weighted by atomic mass is 16.1. The number of hydrogen-bond acceptors (Lipinski definition) is 4. The van der Waals surface area contributed by atoms with Crippen LogP contribution < -0.4 is 11.1 Å². The number of rotatable bonds is 8. The molecule has 0 heterocycles. The van der Waals surface area contributed by atoms with E-state index in [9.17, 15) is 4.79 Å². The van der Waals surface area contributed by atoms with Crippen molar-refractivity contribution in [1.82, 2.24) is 9.80 Å². The van der Waals surface area contributed by atoms with Crippen molar-refractivity contribution in [2.75, 3.05) is 51.8 Å². The first kappa shape index (κ1) is 16.5. The fourth-order valence-electron chi connectivity index (χ4n) is 1.85. The minimum Gasteiger partial charge on any atom is -0.399 e. The van der Waals surface area contributed by atoms with E-state index < -0.39 is 0 Å². The largest absolute Gasteiger partial charge is 0.399 e. The zero-order valence-electron chi connectivity index (χ0n) is 12.7. The van der Waals surface area contributed by atoms with E-state index in [1.807, 2.05) is 19.2 Å². The third-order valence-corrected chi connectivity index (χ3v) is 3.06. The van der Waals surface area contributed by atoms with Crippen molar-refractivity contribution in [2.24, 2.45) is 0 Å². The number of nitrogens with two attached hydrogens (primary N) is 1. The summed E-state index contributed by atoms with van der Waals surface area (Å²) in [4.78, 5) is 16.2. The van der Waals surface area contributed by atoms with Crippen molar-refractivity contribution in [1.29, 1.82) is 0 Å². The van der Waals surface area contributed by atoms with Crippen molar-refractivity contribution in [3.63, 3.8) is 0 Å². The zero-order chi connectivity index (χ0) is 15.0. The van der Waals surface area contributed by atoms with E-state index in [0.29, 0.717) is 12.1 Å². The molecule has 1 amide bonds. The molecule has 112 valence electrons. The van der Waals surface area contributed by atoms with Crippen LogP contribution in [0, 0.1) is 0 Å². The molecule has 20 heavy (non-hydrogen) atoms. The van der Waals surface area contributed by atoms with Crippen molar-refractivity contribution in [3.05, 3.63) is 24.3 Å². The van der Waals surface area contributed by atoms with Gasteiger partial charge in [-0.15, -0.1) is 0 Å². The summed E-state index contributed by atoms with van der Waals surface area (Å²) >= 11 is 0. The molecule has 0 aliphatic carbocycles. The maximum atomic E-state index is 11.8. The molecular formula is C15H26N4O. The van der Waals surface area contributed by atoms with Gasteiger partial charge in [0.05, 0.1) is 0 Å². The van der Waals surface area contributed by atoms with E-state index in [4.69, 9.17) is 5.73 Å². The van der Waals surface area contributed by atoms with Crippen LogP contribution in [0.15, 0.2) is 24.3 Å². The van der Waals surface area contributed by atoms with Crippen LogP contribution in [0.5, 0.6) is 0 Å². The van der Waals surface area contributed by atoms with Gasteiger partial charge in [0.2, 0.25) is 5.91 Å². The lowest BCUT2D eigenvalue weighted by Gasteiger charge is -2.17. The Kier molecular flexibility index (Phi) is 7.04. The highest BCUT2D eigenvalue weighted by molar-refractivity contribution is 5.90. The summed E-state index contributed by atoms with van der Waals surface area (Å²) in [6.45, 7) is 2.85. The molecule has 0 unspecified atom stereocenters. The maximum absolute atomic E-state index is 11.8. The van der Waals surface area contributed by atoms with Gasteiger partial charge in [-0.3, -0.25) is 4.79 Å². The topological polar surface area (TPSA) is 61.6 Å². The Morgan fingerprint density at radius 1 is 1.10 bits per heavy atom. The number of hydrogen-bond donors (Lipinski definition) is 2. The van der Waals surface area contributed by atoms with Gasteiger partial charge in [-0.1, -0.05) is 0 Å². The zero-order valence-corrected chi connectivity index (χ0v) is 12.7. The van der Waals surface area contributed by atoms with Crippen LogP contribution in [0.25, 0.3) is 0 Å². The molecule has 1 aromatic rings. The number of amides is 1. The Balaban J connectivity index is 2.20. The molecule has 0 saturated carbocycles. The smallest absolute Gasteiger partial charge is 0.225 e. The maximum Gasteiger partial charge on any atom is 0.225 e. The Morgan fingerprint density at radius 2 is 1.75 bits per heavy atom. The third-order valence-electron chi connectivity index (χ3n) is 3.06. The number of nitrogens with one attached hydrogen (secondary N) is 1. The molecule has 0 saturated heterocycles. The normalized spacial score (nSPS) is 11.1. The van der Waals surface area contributed by atoms with Crippen LogP contribution in [0.4, 0.5) is 11.4 Å². The standard InChI is InChI=1S/C15H26N4O/c1-18(2)10-4-11-19(3)12-9-15(20)17-14-7-5-13(16)6-8-14/h5-8H,4,9-12,16H2,1-3H3,(H,17,20). The molecule has 0 atom stereocenters. The first-order chi connectivity index (χ1) is 9.47. The Labute approximate surface area is 121 Å². The molecule has 0 spiro atoms. The summed E-state index contributed by atoms with van der Waals surface area (Å²) in [6, 6.07) is 7.19. The molecule has 0 aliphatic rings. The second kappa shape index (κ2) is 8.55. The second-order valence-corrected chi connectivity index (χ2v) is 5.38. The van der Waals surface area contributed by atoms with Gasteiger partial charge in [0.25, 0.3) is 0 Å². The van der Waals surface area contributed by atoms with Gasteiger partial charge >= 0.3 is 0 Å². The van der Waals surface area contributed by atoms with Crippen molar-refractivity contribution in [3.8, 4) is 0 Å². The van der Waals surface area contributed by atoms with E-state index in [-0.39, 0.29) is 5.91 Å². The Hall–Kier alpha value is -1.59. The number of carbonyl (C=O) groups is 1. The van der Waals surface area contributed by atoms with Gasteiger partial charge in [-0.05, 0) is 64.9 Å². The fourth-order valence-corrected chi connectivity index (χ4v) is 1.85. The monoisotopic (exact) mass is 278 g/mol. The van der Waals surface area contributed by atoms with E-state index in [1.165, 1.54) is 0 Å². The summed E-state index contributed by atoms with van der Waals surface area (Å²) < 4.78 is 0. The first-order valence-electron chi connectivity index (χ1n) is 6.96. The van der Waals surface area contributed by atoms with E-state index in [2.05, 4.69) is 29.2 Å². The minimum absolute atomic E-state index is 0.0363. The third kappa shape index (κ3) is 7.11. The summed E-state index contributed by atoms with van der Waals surface area (Å²) in [6.07, 6.45) is 1.62. The molecule has 0 fully saturated rings. The van der Waals surface area contributed by atoms with Crippen LogP contribution in [-0.4, -0.2) is 56.5 Å². The summed E-state index contributed by atoms with van der Waals surface area (Å²) in [5.41, 5.74) is 7.09. The van der Waals surface area contributed by atoms with Gasteiger partial charge < -0.3 is 20.9 Å². The van der Waals surface area contributed by atoms with Crippen LogP contribution in [0.1, 0.15) is 12.8 Å². The van der Waals surface area contributed by atoms with Crippen molar-refractivity contribution >= 4 is 17.3 Å². The summed E-state index contributed by atoms with van der Waals surface area (Å²) in [5, 5.41) is 2.87. The SMILES string of the molecule is CN(C)CCCN(C)CCC(=O)Nc1ccc(N)cc1. The van der Waals surface area contributed by atoms with Crippen LogP contribution in [0.3, 0.4) is 0 Å². The lowest BCUT2D eigenvalue weighted by Crippen LogP contribution is -2.27. The average Bonchev–Trinajstić information content (AvgIpc) is 2.39. The number of nitrogens with zero attached hydrogens (tertiary/aromatic N) is 2. The molecule has 1 rings (SSSR count). The first-order valence-corrected chi connectivity index (χ1v) is 6.96. The highest BCUT2D eigenvalue weighted by Gasteiger charge is 2.05. The van der Waals surface area contributed by atoms with Crippen molar-refractivity contribution in [2.45, 2.75) is 12.8 Å². The lowest BCUT2D eigenvalue weighted by atomic mass is 10.2. The quantitative estimate of drug-likeness (QED) is 0.707.